The molecule has 2 aliphatic rings. The van der Waals surface area contributed by atoms with E-state index in [9.17, 15) is 4.79 Å². The van der Waals surface area contributed by atoms with Crippen LogP contribution in [0.1, 0.15) is 451 Å². The molecule has 4 unspecified atom stereocenters. The van der Waals surface area contributed by atoms with E-state index in [-0.39, 0.29) is 37.0 Å². The van der Waals surface area contributed by atoms with Gasteiger partial charge in [-0.2, -0.15) is 0 Å². The predicted molar refractivity (Wildman–Crippen MR) is 412 cm³/mol. The van der Waals surface area contributed by atoms with Crippen LogP contribution in [0, 0.1) is 0 Å². The quantitative estimate of drug-likeness (QED) is 0.0335. The van der Waals surface area contributed by atoms with E-state index in [4.69, 9.17) is 37.9 Å². The summed E-state index contributed by atoms with van der Waals surface area (Å²) in [5, 5.41) is 0. The van der Waals surface area contributed by atoms with E-state index in [0.29, 0.717) is 13.2 Å². The number of allylic oxidation sites excluding steroid dienone is 2. The molecule has 568 valence electrons. The molecule has 2 rings (SSSR count). The summed E-state index contributed by atoms with van der Waals surface area (Å²) in [5.41, 5.74) is 0. The maximum atomic E-state index is 13.8. The predicted octanol–water partition coefficient (Wildman–Crippen LogP) is 28.3. The van der Waals surface area contributed by atoms with Crippen molar-refractivity contribution in [3.8, 4) is 0 Å². The molecule has 0 amide bonds. The standard InChI is InChI=1S/C87H166O9/c1-5-9-13-17-19-21-23-25-27-29-31-33-41-47-53-63-75-89-79-83(71-59-51-45-39-35-37-43-49-57-69-81(67-55-15-11-7-3)93-85-73-61-65-77-91-85)95-87(88)96-84(80-90-76-64-54-48-42-34-32-30-28-26-24-22-20-18-14-10-6-2)72-60-52-46-40-36-38-44-50-58-70-82(68-56-16-12-8-4)94-86-74-62-66-78-92-86/h49-50,57-58,81-86H,5-48,51-56,59-80H2,1-4H3/b57-49-,58-50-/t81-,82-,83?,84?,85?,86?/m1/s1. The van der Waals surface area contributed by atoms with Crippen LogP contribution in [-0.2, 0) is 37.9 Å². The first kappa shape index (κ1) is 90.6. The molecular weight excluding hydrogens is 1190 g/mol. The lowest BCUT2D eigenvalue weighted by atomic mass is 10.0. The highest BCUT2D eigenvalue weighted by molar-refractivity contribution is 5.60. The Morgan fingerprint density at radius 1 is 0.312 bits per heavy atom. The summed E-state index contributed by atoms with van der Waals surface area (Å²) in [6, 6.07) is 0. The molecule has 96 heavy (non-hydrogen) atoms. The van der Waals surface area contributed by atoms with Gasteiger partial charge in [0.15, 0.2) is 12.6 Å². The molecule has 0 aromatic carbocycles. The Bertz CT molecular complexity index is 1460. The van der Waals surface area contributed by atoms with E-state index in [0.717, 1.165) is 142 Å². The molecule has 9 nitrogen and oxygen atoms in total. The van der Waals surface area contributed by atoms with E-state index in [2.05, 4.69) is 52.0 Å². The molecule has 2 aliphatic heterocycles. The van der Waals surface area contributed by atoms with Crippen molar-refractivity contribution in [2.45, 2.75) is 488 Å². The van der Waals surface area contributed by atoms with Crippen molar-refractivity contribution in [1.82, 2.24) is 0 Å². The molecule has 2 heterocycles. The Balaban J connectivity index is 1.87. The SMILES string of the molecule is CCCCCCCCCCCCCCCCCCOCC(CCCCCCCC/C=C\C[C@@H](CCCCCC)OC1CCCCO1)OC(=O)OC(CCCCCCCC/C=C\C[C@@H](CCCCCC)OC1CCCCO1)COCCCCCCCCCCCCCCCCCC. The van der Waals surface area contributed by atoms with Crippen LogP contribution in [0.3, 0.4) is 0 Å². The van der Waals surface area contributed by atoms with E-state index in [1.165, 1.54) is 308 Å². The van der Waals surface area contributed by atoms with Crippen molar-refractivity contribution in [1.29, 1.82) is 0 Å². The number of rotatable bonds is 76. The van der Waals surface area contributed by atoms with Gasteiger partial charge in [0.1, 0.15) is 12.2 Å². The van der Waals surface area contributed by atoms with Gasteiger partial charge >= 0.3 is 6.16 Å². The summed E-state index contributed by atoms with van der Waals surface area (Å²) in [6.07, 6.45) is 91.8. The number of carbonyl (C=O) groups is 1. The zero-order valence-electron chi connectivity index (χ0n) is 64.9. The molecule has 0 N–H and O–H groups in total. The number of hydrogen-bond donors (Lipinski definition) is 0. The van der Waals surface area contributed by atoms with Crippen LogP contribution >= 0.6 is 0 Å². The second-order valence-corrected chi connectivity index (χ2v) is 30.1. The van der Waals surface area contributed by atoms with Crippen LogP contribution < -0.4 is 0 Å². The molecule has 6 atom stereocenters. The van der Waals surface area contributed by atoms with Crippen molar-refractivity contribution < 1.29 is 42.7 Å². The molecule has 0 aromatic heterocycles. The fraction of sp³-hybridized carbons (Fsp3) is 0.943. The number of unbranched alkanes of at least 4 members (excludes halogenated alkanes) is 48. The Morgan fingerprint density at radius 3 is 0.865 bits per heavy atom. The largest absolute Gasteiger partial charge is 0.508 e. The van der Waals surface area contributed by atoms with Gasteiger partial charge in [-0.15, -0.1) is 0 Å². The summed E-state index contributed by atoms with van der Waals surface area (Å²) in [6.45, 7) is 13.2. The second kappa shape index (κ2) is 74.7. The monoisotopic (exact) mass is 1360 g/mol. The normalized spacial score (nSPS) is 16.7. The van der Waals surface area contributed by atoms with E-state index >= 15 is 0 Å². The molecular formula is C87H166O9. The number of ether oxygens (including phenoxy) is 8. The summed E-state index contributed by atoms with van der Waals surface area (Å²) >= 11 is 0. The highest BCUT2D eigenvalue weighted by Gasteiger charge is 2.23. The number of hydrogen-bond acceptors (Lipinski definition) is 9. The lowest BCUT2D eigenvalue weighted by molar-refractivity contribution is -0.189. The minimum Gasteiger partial charge on any atom is -0.429 e. The van der Waals surface area contributed by atoms with Crippen molar-refractivity contribution in [2.75, 3.05) is 39.6 Å². The van der Waals surface area contributed by atoms with E-state index < -0.39 is 6.16 Å². The zero-order valence-corrected chi connectivity index (χ0v) is 64.9. The summed E-state index contributed by atoms with van der Waals surface area (Å²) in [7, 11) is 0. The Hall–Kier alpha value is -1.49. The molecule has 2 saturated heterocycles. The lowest BCUT2D eigenvalue weighted by Gasteiger charge is -2.27. The van der Waals surface area contributed by atoms with Crippen LogP contribution in [-0.4, -0.2) is 82.8 Å². The Morgan fingerprint density at radius 2 is 0.573 bits per heavy atom. The molecule has 0 bridgehead atoms. The molecule has 2 fully saturated rings. The maximum absolute atomic E-state index is 13.8. The van der Waals surface area contributed by atoms with Gasteiger partial charge in [-0.25, -0.2) is 4.79 Å². The van der Waals surface area contributed by atoms with E-state index in [1.54, 1.807) is 0 Å². The van der Waals surface area contributed by atoms with Crippen molar-refractivity contribution in [3.05, 3.63) is 24.3 Å². The summed E-state index contributed by atoms with van der Waals surface area (Å²) in [5.74, 6) is 0. The average molecular weight is 1360 g/mol. The third-order valence-electron chi connectivity index (χ3n) is 20.6. The topological polar surface area (TPSA) is 90.9 Å². The molecule has 0 spiro atoms. The highest BCUT2D eigenvalue weighted by atomic mass is 16.7. The van der Waals surface area contributed by atoms with Crippen LogP contribution in [0.2, 0.25) is 0 Å². The van der Waals surface area contributed by atoms with Gasteiger partial charge in [0.25, 0.3) is 0 Å². The number of carbonyl (C=O) groups excluding carboxylic acids is 1. The first-order valence-electron chi connectivity index (χ1n) is 43.4. The zero-order chi connectivity index (χ0) is 68.4. The smallest absolute Gasteiger partial charge is 0.429 e. The summed E-state index contributed by atoms with van der Waals surface area (Å²) in [4.78, 5) is 13.8. The van der Waals surface area contributed by atoms with Crippen molar-refractivity contribution >= 4 is 6.16 Å². The van der Waals surface area contributed by atoms with Gasteiger partial charge in [-0.05, 0) is 128 Å². The van der Waals surface area contributed by atoms with Crippen LogP contribution in [0.5, 0.6) is 0 Å². The average Bonchev–Trinajstić information content (AvgIpc) is 2.46. The summed E-state index contributed by atoms with van der Waals surface area (Å²) < 4.78 is 49.9. The molecule has 0 saturated carbocycles. The minimum atomic E-state index is -0.545. The van der Waals surface area contributed by atoms with Crippen LogP contribution in [0.4, 0.5) is 4.79 Å². The van der Waals surface area contributed by atoms with Gasteiger partial charge < -0.3 is 37.9 Å². The van der Waals surface area contributed by atoms with Crippen LogP contribution in [0.15, 0.2) is 24.3 Å². The molecule has 0 aromatic rings. The third kappa shape index (κ3) is 63.4. The van der Waals surface area contributed by atoms with E-state index in [1.807, 2.05) is 0 Å². The lowest BCUT2D eigenvalue weighted by Crippen LogP contribution is -2.29. The molecule has 0 aliphatic carbocycles. The highest BCUT2D eigenvalue weighted by Crippen LogP contribution is 2.25. The van der Waals surface area contributed by atoms with Gasteiger partial charge in [-0.1, -0.05) is 347 Å². The second-order valence-electron chi connectivity index (χ2n) is 30.1. The minimum absolute atomic E-state index is 0.0112. The van der Waals surface area contributed by atoms with Gasteiger partial charge in [-0.3, -0.25) is 0 Å². The van der Waals surface area contributed by atoms with Gasteiger partial charge in [0.2, 0.25) is 0 Å². The fourth-order valence-electron chi connectivity index (χ4n) is 14.1. The molecule has 9 heteroatoms. The van der Waals surface area contributed by atoms with Gasteiger partial charge in [0, 0.05) is 26.4 Å². The maximum Gasteiger partial charge on any atom is 0.508 e. The first-order valence-corrected chi connectivity index (χ1v) is 43.4. The Labute approximate surface area is 598 Å². The Kier molecular flexibility index (Phi) is 70.5. The van der Waals surface area contributed by atoms with Crippen molar-refractivity contribution in [2.24, 2.45) is 0 Å². The van der Waals surface area contributed by atoms with Gasteiger partial charge in [0.05, 0.1) is 25.4 Å². The van der Waals surface area contributed by atoms with Crippen molar-refractivity contribution in [3.63, 3.8) is 0 Å². The fourth-order valence-corrected chi connectivity index (χ4v) is 14.1. The van der Waals surface area contributed by atoms with Crippen LogP contribution in [0.25, 0.3) is 0 Å². The molecule has 0 radical (unpaired) electrons. The third-order valence-corrected chi connectivity index (χ3v) is 20.6. The first-order chi connectivity index (χ1) is 47.6.